The van der Waals surface area contributed by atoms with Crippen molar-refractivity contribution >= 4 is 34.1 Å². The van der Waals surface area contributed by atoms with Gasteiger partial charge in [0.2, 0.25) is 5.91 Å². The number of fused-ring (bicyclic) bond motifs is 1. The quantitative estimate of drug-likeness (QED) is 0.287. The molecule has 0 saturated heterocycles. The van der Waals surface area contributed by atoms with Gasteiger partial charge in [0.05, 0.1) is 22.1 Å². The summed E-state index contributed by atoms with van der Waals surface area (Å²) in [5, 5.41) is 13.5. The average molecular weight is 492 g/mol. The number of pyridine rings is 1. The van der Waals surface area contributed by atoms with Gasteiger partial charge in [-0.15, -0.1) is 0 Å². The molecule has 1 N–H and O–H groups in total. The first-order chi connectivity index (χ1) is 16.8. The number of carbonyl (C=O) groups is 1. The van der Waals surface area contributed by atoms with Crippen LogP contribution in [0.5, 0.6) is 0 Å². The van der Waals surface area contributed by atoms with E-state index in [-0.39, 0.29) is 16.6 Å². The lowest BCUT2D eigenvalue weighted by Gasteiger charge is -2.18. The Labute approximate surface area is 204 Å². The van der Waals surface area contributed by atoms with Crippen molar-refractivity contribution in [2.75, 3.05) is 5.32 Å². The Morgan fingerprint density at radius 1 is 1.03 bits per heavy atom. The second-order valence-corrected chi connectivity index (χ2v) is 8.97. The highest BCUT2D eigenvalue weighted by atomic mass is 32.2. The number of hydrogen-bond donors (Lipinski definition) is 1. The number of rotatable bonds is 6. The Hall–Kier alpha value is -3.83. The second-order valence-electron chi connectivity index (χ2n) is 7.78. The number of hydrogen-bond acceptors (Lipinski definition) is 4. The molecule has 0 aliphatic carbocycles. The van der Waals surface area contributed by atoms with Crippen LogP contribution in [0.15, 0.2) is 83.9 Å². The minimum Gasteiger partial charge on any atom is -0.325 e. The number of aromatic nitrogens is 1. The summed E-state index contributed by atoms with van der Waals surface area (Å²) < 4.78 is 41.5. The lowest BCUT2D eigenvalue weighted by atomic mass is 10.1. The number of anilines is 1. The molecule has 1 aromatic heterocycles. The minimum absolute atomic E-state index is 0.0872. The van der Waals surface area contributed by atoms with Gasteiger partial charge in [0.25, 0.3) is 0 Å². The highest BCUT2D eigenvalue weighted by molar-refractivity contribution is 8.00. The third kappa shape index (κ3) is 5.47. The molecular weight excluding hydrogens is 471 g/mol. The Bertz CT molecular complexity index is 1420. The van der Waals surface area contributed by atoms with Crippen LogP contribution in [-0.4, -0.2) is 16.1 Å². The summed E-state index contributed by atoms with van der Waals surface area (Å²) >= 11 is 0.864. The number of alkyl halides is 3. The largest absolute Gasteiger partial charge is 0.417 e. The molecule has 8 heteroatoms. The maximum atomic E-state index is 13.8. The van der Waals surface area contributed by atoms with Crippen molar-refractivity contribution in [3.8, 4) is 17.3 Å². The summed E-state index contributed by atoms with van der Waals surface area (Å²) in [7, 11) is 0. The lowest BCUT2D eigenvalue weighted by molar-refractivity contribution is -0.138. The van der Waals surface area contributed by atoms with E-state index in [1.807, 2.05) is 36.4 Å². The molecule has 3 aromatic carbocycles. The van der Waals surface area contributed by atoms with E-state index in [9.17, 15) is 23.2 Å². The maximum absolute atomic E-state index is 13.8. The van der Waals surface area contributed by atoms with Crippen LogP contribution < -0.4 is 5.32 Å². The van der Waals surface area contributed by atoms with Crippen LogP contribution in [-0.2, 0) is 11.0 Å². The predicted octanol–water partition coefficient (Wildman–Crippen LogP) is 7.30. The normalized spacial score (nSPS) is 12.2. The van der Waals surface area contributed by atoms with Crippen LogP contribution in [0.3, 0.4) is 0 Å². The third-order valence-corrected chi connectivity index (χ3v) is 6.76. The first kappa shape index (κ1) is 24.3. The zero-order valence-electron chi connectivity index (χ0n) is 18.6. The van der Waals surface area contributed by atoms with Crippen molar-refractivity contribution in [2.45, 2.75) is 29.8 Å². The Kier molecular flexibility index (Phi) is 7.08. The number of nitrogens with zero attached hydrogens (tertiary/aromatic N) is 2. The van der Waals surface area contributed by atoms with Gasteiger partial charge in [-0.2, -0.15) is 18.4 Å². The van der Waals surface area contributed by atoms with Crippen molar-refractivity contribution in [2.24, 2.45) is 0 Å². The molecule has 0 spiro atoms. The van der Waals surface area contributed by atoms with Gasteiger partial charge in [0.15, 0.2) is 0 Å². The molecule has 1 atom stereocenters. The molecule has 176 valence electrons. The number of benzene rings is 3. The fourth-order valence-corrected chi connectivity index (χ4v) is 4.67. The molecule has 0 unspecified atom stereocenters. The van der Waals surface area contributed by atoms with Gasteiger partial charge in [0.1, 0.15) is 11.1 Å². The summed E-state index contributed by atoms with van der Waals surface area (Å²) in [5.41, 5.74) is -0.502. The van der Waals surface area contributed by atoms with E-state index in [1.165, 1.54) is 0 Å². The second kappa shape index (κ2) is 10.2. The standard InChI is InChI=1S/C27H20F3N3OS/c1-2-24(25(34)32-20-13-12-17-8-6-7-11-19(17)14-20)35-26-21(16-31)22(27(28,29)30)15-23(33-26)18-9-4-3-5-10-18/h3-15,24H,2H2,1H3,(H,32,34)/t24-/m1/s1. The zero-order chi connectivity index (χ0) is 25.0. The first-order valence-electron chi connectivity index (χ1n) is 10.8. The van der Waals surface area contributed by atoms with Gasteiger partial charge in [0, 0.05) is 11.3 Å². The SMILES string of the molecule is CC[C@@H](Sc1nc(-c2ccccc2)cc(C(F)(F)F)c1C#N)C(=O)Nc1ccc2ccccc2c1. The molecule has 1 heterocycles. The van der Waals surface area contributed by atoms with Crippen molar-refractivity contribution < 1.29 is 18.0 Å². The zero-order valence-corrected chi connectivity index (χ0v) is 19.5. The van der Waals surface area contributed by atoms with E-state index < -0.39 is 22.6 Å². The number of nitrogens with one attached hydrogen (secondary N) is 1. The van der Waals surface area contributed by atoms with Gasteiger partial charge >= 0.3 is 6.18 Å². The van der Waals surface area contributed by atoms with Crippen LogP contribution in [0.4, 0.5) is 18.9 Å². The maximum Gasteiger partial charge on any atom is 0.417 e. The highest BCUT2D eigenvalue weighted by Gasteiger charge is 2.37. The molecule has 35 heavy (non-hydrogen) atoms. The van der Waals surface area contributed by atoms with Gasteiger partial charge in [-0.1, -0.05) is 79.3 Å². The monoisotopic (exact) mass is 491 g/mol. The van der Waals surface area contributed by atoms with E-state index in [2.05, 4.69) is 10.3 Å². The van der Waals surface area contributed by atoms with Crippen molar-refractivity contribution in [1.82, 2.24) is 4.98 Å². The third-order valence-electron chi connectivity index (χ3n) is 5.41. The molecule has 0 aliphatic rings. The topological polar surface area (TPSA) is 65.8 Å². The van der Waals surface area contributed by atoms with Crippen LogP contribution in [0.25, 0.3) is 22.0 Å². The highest BCUT2D eigenvalue weighted by Crippen LogP contribution is 2.39. The van der Waals surface area contributed by atoms with Gasteiger partial charge in [-0.25, -0.2) is 4.98 Å². The molecule has 4 nitrogen and oxygen atoms in total. The predicted molar refractivity (Wildman–Crippen MR) is 132 cm³/mol. The number of carbonyl (C=O) groups excluding carboxylic acids is 1. The van der Waals surface area contributed by atoms with E-state index in [1.54, 1.807) is 49.4 Å². The van der Waals surface area contributed by atoms with Crippen LogP contribution in [0.1, 0.15) is 24.5 Å². The van der Waals surface area contributed by atoms with Crippen molar-refractivity contribution in [3.05, 3.63) is 90.0 Å². The molecule has 1 amide bonds. The smallest absolute Gasteiger partial charge is 0.325 e. The van der Waals surface area contributed by atoms with Crippen LogP contribution in [0.2, 0.25) is 0 Å². The van der Waals surface area contributed by atoms with E-state index in [0.717, 1.165) is 28.6 Å². The van der Waals surface area contributed by atoms with E-state index in [0.29, 0.717) is 17.7 Å². The number of halogens is 3. The first-order valence-corrected chi connectivity index (χ1v) is 11.7. The molecule has 0 aliphatic heterocycles. The summed E-state index contributed by atoms with van der Waals surface area (Å²) in [4.78, 5) is 17.4. The molecule has 4 aromatic rings. The van der Waals surface area contributed by atoms with Gasteiger partial charge in [-0.3, -0.25) is 4.79 Å². The molecule has 0 bridgehead atoms. The summed E-state index contributed by atoms with van der Waals surface area (Å²) in [6.45, 7) is 1.76. The number of thioether (sulfide) groups is 1. The fraction of sp³-hybridized carbons (Fsp3) is 0.148. The van der Waals surface area contributed by atoms with Gasteiger partial charge < -0.3 is 5.32 Å². The fourth-order valence-electron chi connectivity index (χ4n) is 3.64. The number of nitriles is 1. The number of amides is 1. The lowest BCUT2D eigenvalue weighted by Crippen LogP contribution is -2.25. The summed E-state index contributed by atoms with van der Waals surface area (Å²) in [5.74, 6) is -0.378. The summed E-state index contributed by atoms with van der Waals surface area (Å²) in [6, 6.07) is 24.2. The van der Waals surface area contributed by atoms with Gasteiger partial charge in [-0.05, 0) is 35.4 Å². The molecule has 0 radical (unpaired) electrons. The minimum atomic E-state index is -4.75. The van der Waals surface area contributed by atoms with Crippen LogP contribution >= 0.6 is 11.8 Å². The van der Waals surface area contributed by atoms with Crippen molar-refractivity contribution in [1.29, 1.82) is 5.26 Å². The molecule has 0 saturated carbocycles. The van der Waals surface area contributed by atoms with Crippen LogP contribution in [0, 0.1) is 11.3 Å². The van der Waals surface area contributed by atoms with Crippen molar-refractivity contribution in [3.63, 3.8) is 0 Å². The summed E-state index contributed by atoms with van der Waals surface area (Å²) in [6.07, 6.45) is -4.42. The Morgan fingerprint density at radius 3 is 2.37 bits per heavy atom. The average Bonchev–Trinajstić information content (AvgIpc) is 2.86. The molecule has 4 rings (SSSR count). The molecular formula is C27H20F3N3OS. The van der Waals surface area contributed by atoms with E-state index >= 15 is 0 Å². The molecule has 0 fully saturated rings. The Morgan fingerprint density at radius 2 is 1.71 bits per heavy atom. The Balaban J connectivity index is 1.68. The van der Waals surface area contributed by atoms with E-state index in [4.69, 9.17) is 0 Å².